The first-order chi connectivity index (χ1) is 10.6. The molecule has 0 saturated carbocycles. The highest BCUT2D eigenvalue weighted by Gasteiger charge is 2.13. The number of nitriles is 1. The van der Waals surface area contributed by atoms with Gasteiger partial charge in [0.1, 0.15) is 5.82 Å². The van der Waals surface area contributed by atoms with E-state index in [9.17, 15) is 4.79 Å². The second-order valence-electron chi connectivity index (χ2n) is 5.02. The van der Waals surface area contributed by atoms with Crippen molar-refractivity contribution in [2.45, 2.75) is 19.9 Å². The number of hydrogen-bond acceptors (Lipinski definition) is 4. The molecule has 112 valence electrons. The van der Waals surface area contributed by atoms with Crippen LogP contribution in [0.4, 0.5) is 5.82 Å². The van der Waals surface area contributed by atoms with E-state index >= 15 is 0 Å². The summed E-state index contributed by atoms with van der Waals surface area (Å²) in [5.41, 5.74) is 2.53. The minimum absolute atomic E-state index is 0.0357. The Morgan fingerprint density at radius 1 is 1.36 bits per heavy atom. The summed E-state index contributed by atoms with van der Waals surface area (Å²) in [6.45, 7) is 2.83. The number of hydrogen-bond donors (Lipinski definition) is 1. The number of benzene rings is 1. The van der Waals surface area contributed by atoms with Crippen LogP contribution in [-0.4, -0.2) is 22.6 Å². The molecule has 0 saturated heterocycles. The summed E-state index contributed by atoms with van der Waals surface area (Å²) in [5.74, 6) is -0.0736. The Hall–Kier alpha value is -2.87. The van der Waals surface area contributed by atoms with Crippen molar-refractivity contribution in [1.82, 2.24) is 4.98 Å². The van der Waals surface area contributed by atoms with Gasteiger partial charge in [-0.1, -0.05) is 18.2 Å². The van der Waals surface area contributed by atoms with Crippen LogP contribution in [0.2, 0.25) is 0 Å². The van der Waals surface area contributed by atoms with Gasteiger partial charge in [0.05, 0.1) is 18.1 Å². The van der Waals surface area contributed by atoms with E-state index in [0.717, 1.165) is 16.9 Å². The largest absolute Gasteiger partial charge is 0.481 e. The minimum Gasteiger partial charge on any atom is -0.481 e. The number of aryl methyl sites for hydroxylation is 1. The number of carboxylic acids is 1. The Kier molecular flexibility index (Phi) is 5.10. The van der Waals surface area contributed by atoms with Crippen LogP contribution < -0.4 is 4.90 Å². The molecule has 0 aliphatic rings. The van der Waals surface area contributed by atoms with Gasteiger partial charge in [0.25, 0.3) is 0 Å². The van der Waals surface area contributed by atoms with Crippen LogP contribution in [0, 0.1) is 18.3 Å². The fraction of sp³-hybridized carbons (Fsp3) is 0.235. The number of pyridine rings is 1. The molecule has 0 atom stereocenters. The van der Waals surface area contributed by atoms with Crippen molar-refractivity contribution in [2.75, 3.05) is 11.4 Å². The summed E-state index contributed by atoms with van der Waals surface area (Å²) < 4.78 is 0. The number of carbonyl (C=O) groups is 1. The van der Waals surface area contributed by atoms with Crippen molar-refractivity contribution < 1.29 is 9.90 Å². The second kappa shape index (κ2) is 7.23. The highest BCUT2D eigenvalue weighted by atomic mass is 16.4. The van der Waals surface area contributed by atoms with E-state index in [1.807, 2.05) is 42.2 Å². The smallest absolute Gasteiger partial charge is 0.305 e. The van der Waals surface area contributed by atoms with Crippen molar-refractivity contribution in [1.29, 1.82) is 5.26 Å². The lowest BCUT2D eigenvalue weighted by atomic mass is 10.1. The molecule has 5 nitrogen and oxygen atoms in total. The van der Waals surface area contributed by atoms with Crippen LogP contribution in [0.3, 0.4) is 0 Å². The molecule has 0 aliphatic heterocycles. The van der Waals surface area contributed by atoms with Crippen molar-refractivity contribution in [3.05, 3.63) is 59.3 Å². The lowest BCUT2D eigenvalue weighted by Crippen LogP contribution is -2.27. The van der Waals surface area contributed by atoms with E-state index in [1.54, 1.807) is 12.3 Å². The molecule has 0 bridgehead atoms. The maximum absolute atomic E-state index is 10.9. The number of rotatable bonds is 6. The summed E-state index contributed by atoms with van der Waals surface area (Å²) in [6, 6.07) is 13.2. The van der Waals surface area contributed by atoms with Gasteiger partial charge in [-0.15, -0.1) is 0 Å². The molecule has 22 heavy (non-hydrogen) atoms. The normalized spacial score (nSPS) is 10.0. The van der Waals surface area contributed by atoms with E-state index in [2.05, 4.69) is 11.1 Å². The summed E-state index contributed by atoms with van der Waals surface area (Å²) in [6.07, 6.45) is 1.73. The molecule has 1 aromatic heterocycles. The lowest BCUT2D eigenvalue weighted by Gasteiger charge is -2.24. The Morgan fingerprint density at radius 2 is 2.18 bits per heavy atom. The fourth-order valence-electron chi connectivity index (χ4n) is 2.26. The zero-order chi connectivity index (χ0) is 15.9. The van der Waals surface area contributed by atoms with Crippen LogP contribution in [0.15, 0.2) is 42.6 Å². The molecule has 0 aliphatic carbocycles. The van der Waals surface area contributed by atoms with Gasteiger partial charge in [0.15, 0.2) is 0 Å². The maximum Gasteiger partial charge on any atom is 0.305 e. The molecule has 1 N–H and O–H groups in total. The number of carboxylic acid groups (broad SMARTS) is 1. The van der Waals surface area contributed by atoms with Crippen molar-refractivity contribution >= 4 is 11.8 Å². The van der Waals surface area contributed by atoms with Crippen molar-refractivity contribution in [3.8, 4) is 6.07 Å². The third-order valence-electron chi connectivity index (χ3n) is 3.31. The average molecular weight is 295 g/mol. The van der Waals surface area contributed by atoms with Crippen molar-refractivity contribution in [3.63, 3.8) is 0 Å². The van der Waals surface area contributed by atoms with Gasteiger partial charge in [0.2, 0.25) is 0 Å². The molecular weight excluding hydrogens is 278 g/mol. The zero-order valence-corrected chi connectivity index (χ0v) is 12.4. The van der Waals surface area contributed by atoms with Gasteiger partial charge >= 0.3 is 5.97 Å². The maximum atomic E-state index is 10.9. The topological polar surface area (TPSA) is 77.2 Å². The second-order valence-corrected chi connectivity index (χ2v) is 5.02. The zero-order valence-electron chi connectivity index (χ0n) is 12.4. The molecular formula is C17H17N3O2. The van der Waals surface area contributed by atoms with Gasteiger partial charge < -0.3 is 10.0 Å². The Labute approximate surface area is 129 Å². The molecule has 0 radical (unpaired) electrons. The third kappa shape index (κ3) is 4.06. The molecule has 2 rings (SSSR count). The lowest BCUT2D eigenvalue weighted by molar-refractivity contribution is -0.136. The van der Waals surface area contributed by atoms with Gasteiger partial charge in [-0.25, -0.2) is 4.98 Å². The van der Waals surface area contributed by atoms with Crippen LogP contribution in [0.25, 0.3) is 0 Å². The quantitative estimate of drug-likeness (QED) is 0.886. The highest BCUT2D eigenvalue weighted by molar-refractivity contribution is 5.67. The molecule has 0 unspecified atom stereocenters. The molecule has 0 spiro atoms. The Balaban J connectivity index is 2.26. The van der Waals surface area contributed by atoms with E-state index in [-0.39, 0.29) is 6.42 Å². The van der Waals surface area contributed by atoms with Gasteiger partial charge in [-0.05, 0) is 36.2 Å². The first-order valence-corrected chi connectivity index (χ1v) is 6.97. The standard InChI is InChI=1S/C17H17N3O2/c1-13-4-3-8-19-17(13)20(9-7-16(21)22)12-15-6-2-5-14(10-15)11-18/h2-6,8,10H,7,9,12H2,1H3,(H,21,22). The summed E-state index contributed by atoms with van der Waals surface area (Å²) in [5, 5.41) is 17.9. The number of nitrogens with zero attached hydrogens (tertiary/aromatic N) is 3. The van der Waals surface area contributed by atoms with Gasteiger partial charge in [-0.3, -0.25) is 4.79 Å². The average Bonchev–Trinajstić information content (AvgIpc) is 2.52. The molecule has 1 heterocycles. The van der Waals surface area contributed by atoms with Crippen LogP contribution in [0.1, 0.15) is 23.1 Å². The highest BCUT2D eigenvalue weighted by Crippen LogP contribution is 2.19. The Morgan fingerprint density at radius 3 is 2.86 bits per heavy atom. The summed E-state index contributed by atoms with van der Waals surface area (Å²) in [7, 11) is 0. The monoisotopic (exact) mass is 295 g/mol. The number of anilines is 1. The van der Waals surface area contributed by atoms with Crippen LogP contribution in [0.5, 0.6) is 0 Å². The summed E-state index contributed by atoms with van der Waals surface area (Å²) in [4.78, 5) is 17.2. The van der Waals surface area contributed by atoms with Crippen LogP contribution >= 0.6 is 0 Å². The number of aliphatic carboxylic acids is 1. The summed E-state index contributed by atoms with van der Waals surface area (Å²) >= 11 is 0. The van der Waals surface area contributed by atoms with Gasteiger partial charge in [0, 0.05) is 19.3 Å². The predicted molar refractivity (Wildman–Crippen MR) is 83.4 cm³/mol. The van der Waals surface area contributed by atoms with Gasteiger partial charge in [-0.2, -0.15) is 5.26 Å². The number of aromatic nitrogens is 1. The fourth-order valence-corrected chi connectivity index (χ4v) is 2.26. The SMILES string of the molecule is Cc1cccnc1N(CCC(=O)O)Cc1cccc(C#N)c1. The van der Waals surface area contributed by atoms with E-state index in [0.29, 0.717) is 18.7 Å². The molecule has 1 aromatic carbocycles. The minimum atomic E-state index is -0.843. The van der Waals surface area contributed by atoms with Crippen molar-refractivity contribution in [2.24, 2.45) is 0 Å². The molecule has 2 aromatic rings. The third-order valence-corrected chi connectivity index (χ3v) is 3.31. The van der Waals surface area contributed by atoms with E-state index in [4.69, 9.17) is 10.4 Å². The predicted octanol–water partition coefficient (Wildman–Crippen LogP) is 2.74. The molecule has 0 amide bonds. The van der Waals surface area contributed by atoms with E-state index in [1.165, 1.54) is 0 Å². The first-order valence-electron chi connectivity index (χ1n) is 6.97. The molecule has 5 heteroatoms. The Bertz CT molecular complexity index is 707. The molecule has 0 fully saturated rings. The first kappa shape index (κ1) is 15.5. The van der Waals surface area contributed by atoms with E-state index < -0.39 is 5.97 Å². The van der Waals surface area contributed by atoms with Crippen LogP contribution in [-0.2, 0) is 11.3 Å².